The molecule has 0 radical (unpaired) electrons. The third kappa shape index (κ3) is 1.18. The fourth-order valence-electron chi connectivity index (χ4n) is 2.00. The van der Waals surface area contributed by atoms with Crippen LogP contribution in [-0.4, -0.2) is 5.88 Å². The Morgan fingerprint density at radius 2 is 2.00 bits per heavy atom. The molecular formula is C9H15Cl. The van der Waals surface area contributed by atoms with E-state index < -0.39 is 0 Å². The first-order valence-corrected chi connectivity index (χ1v) is 4.94. The number of hydrogen-bond acceptors (Lipinski definition) is 0. The third-order valence-electron chi connectivity index (χ3n) is 3.12. The Morgan fingerprint density at radius 1 is 1.30 bits per heavy atom. The molecule has 2 aliphatic carbocycles. The van der Waals surface area contributed by atoms with Gasteiger partial charge in [-0.1, -0.05) is 19.3 Å². The fraction of sp³-hybridized carbons (Fsp3) is 1.00. The van der Waals surface area contributed by atoms with E-state index in [0.717, 1.165) is 11.8 Å². The van der Waals surface area contributed by atoms with E-state index in [2.05, 4.69) is 0 Å². The van der Waals surface area contributed by atoms with Crippen molar-refractivity contribution in [3.8, 4) is 0 Å². The van der Waals surface area contributed by atoms with Gasteiger partial charge in [-0.2, -0.15) is 0 Å². The van der Waals surface area contributed by atoms with Crippen molar-refractivity contribution in [2.75, 3.05) is 5.88 Å². The molecule has 2 rings (SSSR count). The zero-order valence-corrected chi connectivity index (χ0v) is 7.16. The number of halogens is 1. The van der Waals surface area contributed by atoms with Crippen LogP contribution in [0.25, 0.3) is 0 Å². The van der Waals surface area contributed by atoms with Crippen LogP contribution < -0.4 is 0 Å². The van der Waals surface area contributed by atoms with Crippen LogP contribution >= 0.6 is 11.6 Å². The maximum absolute atomic E-state index is 5.93. The molecule has 0 spiro atoms. The van der Waals surface area contributed by atoms with Crippen LogP contribution in [0.15, 0.2) is 0 Å². The van der Waals surface area contributed by atoms with Crippen molar-refractivity contribution in [1.29, 1.82) is 0 Å². The summed E-state index contributed by atoms with van der Waals surface area (Å²) in [6.07, 6.45) is 8.66. The van der Waals surface area contributed by atoms with Gasteiger partial charge in [-0.05, 0) is 30.6 Å². The van der Waals surface area contributed by atoms with Crippen molar-refractivity contribution < 1.29 is 0 Å². The zero-order valence-electron chi connectivity index (χ0n) is 6.41. The lowest BCUT2D eigenvalue weighted by Crippen LogP contribution is -2.31. The van der Waals surface area contributed by atoms with Crippen molar-refractivity contribution in [3.63, 3.8) is 0 Å². The molecule has 0 aromatic heterocycles. The number of rotatable bonds is 3. The van der Waals surface area contributed by atoms with Crippen molar-refractivity contribution in [1.82, 2.24) is 0 Å². The molecular weight excluding hydrogens is 144 g/mol. The van der Waals surface area contributed by atoms with Gasteiger partial charge in [0.05, 0.1) is 0 Å². The quantitative estimate of drug-likeness (QED) is 0.554. The smallest absolute Gasteiger partial charge is 0.0280 e. The van der Waals surface area contributed by atoms with Crippen molar-refractivity contribution in [2.45, 2.75) is 38.5 Å². The van der Waals surface area contributed by atoms with E-state index >= 15 is 0 Å². The van der Waals surface area contributed by atoms with Gasteiger partial charge >= 0.3 is 0 Å². The van der Waals surface area contributed by atoms with Gasteiger partial charge in [0.1, 0.15) is 0 Å². The summed E-state index contributed by atoms with van der Waals surface area (Å²) in [6, 6.07) is 0. The Labute approximate surface area is 68.0 Å². The molecule has 2 aliphatic rings. The van der Waals surface area contributed by atoms with E-state index in [4.69, 9.17) is 11.6 Å². The van der Waals surface area contributed by atoms with Crippen LogP contribution in [0.3, 0.4) is 0 Å². The second-order valence-corrected chi connectivity index (χ2v) is 4.40. The predicted octanol–water partition coefficient (Wildman–Crippen LogP) is 3.20. The average Bonchev–Trinajstić information content (AvgIpc) is 2.62. The van der Waals surface area contributed by atoms with E-state index in [1.807, 2.05) is 0 Å². The predicted molar refractivity (Wildman–Crippen MR) is 44.3 cm³/mol. The molecule has 0 aromatic rings. The maximum atomic E-state index is 5.93. The second kappa shape index (κ2) is 2.41. The minimum Gasteiger partial charge on any atom is -0.126 e. The van der Waals surface area contributed by atoms with Crippen molar-refractivity contribution >= 4 is 11.6 Å². The lowest BCUT2D eigenvalue weighted by molar-refractivity contribution is 0.142. The van der Waals surface area contributed by atoms with Gasteiger partial charge in [0.2, 0.25) is 0 Å². The molecule has 10 heavy (non-hydrogen) atoms. The Kier molecular flexibility index (Phi) is 1.68. The third-order valence-corrected chi connectivity index (χ3v) is 3.68. The van der Waals surface area contributed by atoms with E-state index in [0.29, 0.717) is 5.41 Å². The van der Waals surface area contributed by atoms with Gasteiger partial charge in [0.25, 0.3) is 0 Å². The summed E-state index contributed by atoms with van der Waals surface area (Å²) < 4.78 is 0. The topological polar surface area (TPSA) is 0 Å². The summed E-state index contributed by atoms with van der Waals surface area (Å²) in [4.78, 5) is 0. The average molecular weight is 159 g/mol. The molecule has 0 amide bonds. The molecule has 0 saturated heterocycles. The van der Waals surface area contributed by atoms with Gasteiger partial charge in [-0.25, -0.2) is 0 Å². The first kappa shape index (κ1) is 6.97. The minimum absolute atomic E-state index is 0.614. The lowest BCUT2D eigenvalue weighted by Gasteiger charge is -2.40. The molecule has 0 unspecified atom stereocenters. The SMILES string of the molecule is ClCC1(CC2CC2)CCC1. The summed E-state index contributed by atoms with van der Waals surface area (Å²) in [7, 11) is 0. The van der Waals surface area contributed by atoms with Gasteiger partial charge in [0, 0.05) is 5.88 Å². The van der Waals surface area contributed by atoms with Crippen molar-refractivity contribution in [2.24, 2.45) is 11.3 Å². The van der Waals surface area contributed by atoms with E-state index in [1.54, 1.807) is 0 Å². The monoisotopic (exact) mass is 158 g/mol. The van der Waals surface area contributed by atoms with Crippen molar-refractivity contribution in [3.05, 3.63) is 0 Å². The van der Waals surface area contributed by atoms with E-state index in [9.17, 15) is 0 Å². The van der Waals surface area contributed by atoms with Crippen LogP contribution in [0.4, 0.5) is 0 Å². The van der Waals surface area contributed by atoms with Crippen LogP contribution in [0, 0.1) is 11.3 Å². The summed E-state index contributed by atoms with van der Waals surface area (Å²) in [6.45, 7) is 0. The molecule has 0 aliphatic heterocycles. The standard InChI is InChI=1S/C9H15Cl/c10-7-9(4-1-5-9)6-8-2-3-8/h8H,1-7H2. The first-order chi connectivity index (χ1) is 4.85. The van der Waals surface area contributed by atoms with Crippen LogP contribution in [0.1, 0.15) is 38.5 Å². The molecule has 0 bridgehead atoms. The molecule has 0 aromatic carbocycles. The summed E-state index contributed by atoms with van der Waals surface area (Å²) in [5, 5.41) is 0. The number of hydrogen-bond donors (Lipinski definition) is 0. The Morgan fingerprint density at radius 3 is 2.30 bits per heavy atom. The molecule has 2 fully saturated rings. The Bertz CT molecular complexity index is 117. The van der Waals surface area contributed by atoms with Gasteiger partial charge in [-0.3, -0.25) is 0 Å². The Hall–Kier alpha value is 0.290. The molecule has 0 N–H and O–H groups in total. The summed E-state index contributed by atoms with van der Waals surface area (Å²) >= 11 is 5.93. The fourth-order valence-corrected chi connectivity index (χ4v) is 2.38. The molecule has 0 atom stereocenters. The van der Waals surface area contributed by atoms with Gasteiger partial charge in [0.15, 0.2) is 0 Å². The second-order valence-electron chi connectivity index (χ2n) is 4.13. The minimum atomic E-state index is 0.614. The number of alkyl halides is 1. The van der Waals surface area contributed by atoms with Crippen LogP contribution in [0.2, 0.25) is 0 Å². The molecule has 1 heteroatoms. The molecule has 2 saturated carbocycles. The highest BCUT2D eigenvalue weighted by molar-refractivity contribution is 6.18. The van der Waals surface area contributed by atoms with E-state index in [1.165, 1.54) is 38.5 Å². The first-order valence-electron chi connectivity index (χ1n) is 4.41. The van der Waals surface area contributed by atoms with Crippen LogP contribution in [0.5, 0.6) is 0 Å². The molecule has 0 nitrogen and oxygen atoms in total. The summed E-state index contributed by atoms with van der Waals surface area (Å²) in [5.74, 6) is 1.99. The van der Waals surface area contributed by atoms with Gasteiger partial charge in [-0.15, -0.1) is 11.6 Å². The highest BCUT2D eigenvalue weighted by Crippen LogP contribution is 2.51. The normalized spacial score (nSPS) is 29.7. The highest BCUT2D eigenvalue weighted by atomic mass is 35.5. The van der Waals surface area contributed by atoms with Gasteiger partial charge < -0.3 is 0 Å². The summed E-state index contributed by atoms with van der Waals surface area (Å²) in [5.41, 5.74) is 0.614. The lowest BCUT2D eigenvalue weighted by atomic mass is 9.67. The molecule has 0 heterocycles. The van der Waals surface area contributed by atoms with E-state index in [-0.39, 0.29) is 0 Å². The zero-order chi connectivity index (χ0) is 7.03. The molecule has 58 valence electrons. The maximum Gasteiger partial charge on any atom is 0.0280 e. The Balaban J connectivity index is 1.84. The van der Waals surface area contributed by atoms with Crippen LogP contribution in [-0.2, 0) is 0 Å². The largest absolute Gasteiger partial charge is 0.126 e. The highest BCUT2D eigenvalue weighted by Gasteiger charge is 2.40.